The molecule has 0 aromatic rings. The first kappa shape index (κ1) is 21.9. The summed E-state index contributed by atoms with van der Waals surface area (Å²) in [5.74, 6) is -0.423. The molecule has 1 N–H and O–H groups in total. The largest absolute Gasteiger partial charge is 0.481 e. The third kappa shape index (κ3) is 15.5. The highest BCUT2D eigenvalue weighted by Crippen LogP contribution is 2.15. The van der Waals surface area contributed by atoms with Gasteiger partial charge in [0.25, 0.3) is 0 Å². The van der Waals surface area contributed by atoms with Gasteiger partial charge in [-0.1, -0.05) is 70.4 Å². The smallest absolute Gasteiger partial charge is 0.303 e. The Balaban J connectivity index is 3.70. The van der Waals surface area contributed by atoms with Gasteiger partial charge in [-0.2, -0.15) is 0 Å². The molecule has 0 amide bonds. The van der Waals surface area contributed by atoms with Crippen molar-refractivity contribution >= 4 is 11.8 Å². The molecule has 0 radical (unpaired) electrons. The fourth-order valence-electron chi connectivity index (χ4n) is 2.73. The highest BCUT2D eigenvalue weighted by atomic mass is 16.4. The number of aliphatic carboxylic acids is 1. The number of allylic oxidation sites excluding steroid dienone is 2. The summed E-state index contributed by atoms with van der Waals surface area (Å²) in [6.45, 7) is 3.90. The maximum atomic E-state index is 11.7. The van der Waals surface area contributed by atoms with E-state index < -0.39 is 5.97 Å². The fourth-order valence-corrected chi connectivity index (χ4v) is 2.73. The summed E-state index contributed by atoms with van der Waals surface area (Å²) < 4.78 is 0. The quantitative estimate of drug-likeness (QED) is 0.283. The topological polar surface area (TPSA) is 54.4 Å². The van der Waals surface area contributed by atoms with Crippen LogP contribution in [-0.4, -0.2) is 16.9 Å². The number of carbonyl (C=O) groups is 2. The van der Waals surface area contributed by atoms with Crippen molar-refractivity contribution in [3.05, 3.63) is 12.2 Å². The predicted molar refractivity (Wildman–Crippen MR) is 96.6 cm³/mol. The van der Waals surface area contributed by atoms with Crippen LogP contribution in [0.4, 0.5) is 0 Å². The number of carboxylic acid groups (broad SMARTS) is 1. The summed E-state index contributed by atoms with van der Waals surface area (Å²) in [5, 5.41) is 8.58. The third-order valence-corrected chi connectivity index (χ3v) is 4.27. The molecule has 3 heteroatoms. The van der Waals surface area contributed by atoms with Crippen molar-refractivity contribution in [1.82, 2.24) is 0 Å². The monoisotopic (exact) mass is 324 g/mol. The summed E-state index contributed by atoms with van der Waals surface area (Å²) >= 11 is 0. The molecular formula is C20H36O3. The summed E-state index contributed by atoms with van der Waals surface area (Å²) in [5.41, 5.74) is 0. The Morgan fingerprint density at radius 3 is 2.17 bits per heavy atom. The van der Waals surface area contributed by atoms with E-state index in [2.05, 4.69) is 19.1 Å². The first-order valence-electron chi connectivity index (χ1n) is 9.46. The van der Waals surface area contributed by atoms with E-state index >= 15 is 0 Å². The van der Waals surface area contributed by atoms with Crippen molar-refractivity contribution < 1.29 is 14.7 Å². The highest BCUT2D eigenvalue weighted by molar-refractivity contribution is 5.79. The van der Waals surface area contributed by atoms with E-state index in [1.54, 1.807) is 6.92 Å². The first-order valence-corrected chi connectivity index (χ1v) is 9.46. The van der Waals surface area contributed by atoms with Crippen molar-refractivity contribution in [2.75, 3.05) is 0 Å². The van der Waals surface area contributed by atoms with Crippen LogP contribution < -0.4 is 0 Å². The van der Waals surface area contributed by atoms with E-state index in [4.69, 9.17) is 5.11 Å². The minimum absolute atomic E-state index is 0.0505. The summed E-state index contributed by atoms with van der Waals surface area (Å²) in [4.78, 5) is 22.1. The number of hydrogen-bond acceptors (Lipinski definition) is 2. The number of carbonyl (C=O) groups excluding carboxylic acids is 1. The van der Waals surface area contributed by atoms with Crippen molar-refractivity contribution in [2.45, 2.75) is 97.3 Å². The van der Waals surface area contributed by atoms with Gasteiger partial charge in [0.2, 0.25) is 0 Å². The van der Waals surface area contributed by atoms with E-state index in [-0.39, 0.29) is 18.1 Å². The molecule has 0 aromatic heterocycles. The van der Waals surface area contributed by atoms with Gasteiger partial charge in [-0.25, -0.2) is 0 Å². The molecule has 0 saturated carbocycles. The van der Waals surface area contributed by atoms with Crippen molar-refractivity contribution in [3.63, 3.8) is 0 Å². The maximum absolute atomic E-state index is 11.7. The zero-order chi connectivity index (χ0) is 17.3. The average molecular weight is 325 g/mol. The van der Waals surface area contributed by atoms with E-state index in [0.29, 0.717) is 0 Å². The molecule has 23 heavy (non-hydrogen) atoms. The van der Waals surface area contributed by atoms with E-state index in [0.717, 1.165) is 38.5 Å². The molecule has 0 aliphatic carbocycles. The van der Waals surface area contributed by atoms with Gasteiger partial charge in [-0.15, -0.1) is 0 Å². The van der Waals surface area contributed by atoms with Gasteiger partial charge in [0, 0.05) is 12.3 Å². The molecule has 134 valence electrons. The second kappa shape index (κ2) is 15.8. The Morgan fingerprint density at radius 1 is 0.913 bits per heavy atom. The molecular weight excluding hydrogens is 288 g/mol. The zero-order valence-electron chi connectivity index (χ0n) is 15.2. The molecule has 0 saturated heterocycles. The van der Waals surface area contributed by atoms with Crippen LogP contribution in [0.5, 0.6) is 0 Å². The molecule has 0 bridgehead atoms. The molecule has 0 heterocycles. The van der Waals surface area contributed by atoms with Crippen LogP contribution in [-0.2, 0) is 9.59 Å². The van der Waals surface area contributed by atoms with Gasteiger partial charge < -0.3 is 5.11 Å². The molecule has 0 aromatic carbocycles. The Hall–Kier alpha value is -1.12. The van der Waals surface area contributed by atoms with Gasteiger partial charge in [-0.05, 0) is 32.6 Å². The van der Waals surface area contributed by atoms with Gasteiger partial charge in [-0.3, -0.25) is 9.59 Å². The Kier molecular flexibility index (Phi) is 15.0. The van der Waals surface area contributed by atoms with Crippen molar-refractivity contribution in [3.8, 4) is 0 Å². The number of ketones is 1. The maximum Gasteiger partial charge on any atom is 0.303 e. The minimum Gasteiger partial charge on any atom is -0.481 e. The zero-order valence-corrected chi connectivity index (χ0v) is 15.2. The fraction of sp³-hybridized carbons (Fsp3) is 0.800. The highest BCUT2D eigenvalue weighted by Gasteiger charge is 2.09. The van der Waals surface area contributed by atoms with Gasteiger partial charge in [0.15, 0.2) is 0 Å². The number of unbranched alkanes of at least 4 members (excludes halogenated alkanes) is 9. The van der Waals surface area contributed by atoms with Crippen LogP contribution in [0.3, 0.4) is 0 Å². The van der Waals surface area contributed by atoms with Gasteiger partial charge >= 0.3 is 5.97 Å². The van der Waals surface area contributed by atoms with Crippen LogP contribution in [0.15, 0.2) is 12.2 Å². The molecule has 3 nitrogen and oxygen atoms in total. The molecule has 0 aliphatic heterocycles. The Bertz CT molecular complexity index is 334. The molecule has 0 rings (SSSR count). The number of rotatable bonds is 16. The summed E-state index contributed by atoms with van der Waals surface area (Å²) in [7, 11) is 0. The lowest BCUT2D eigenvalue weighted by molar-refractivity contribution is -0.137. The summed E-state index contributed by atoms with van der Waals surface area (Å²) in [6.07, 6.45) is 18.0. The molecule has 1 unspecified atom stereocenters. The summed E-state index contributed by atoms with van der Waals surface area (Å²) in [6, 6.07) is 0. The van der Waals surface area contributed by atoms with Crippen molar-refractivity contribution in [2.24, 2.45) is 5.92 Å². The third-order valence-electron chi connectivity index (χ3n) is 4.27. The van der Waals surface area contributed by atoms with Crippen LogP contribution in [0, 0.1) is 5.92 Å². The Labute approximate surface area is 142 Å². The Morgan fingerprint density at radius 2 is 1.52 bits per heavy atom. The normalized spacial score (nSPS) is 12.6. The molecule has 0 aliphatic rings. The second-order valence-corrected chi connectivity index (χ2v) is 6.55. The van der Waals surface area contributed by atoms with E-state index in [1.807, 2.05) is 0 Å². The average Bonchev–Trinajstić information content (AvgIpc) is 2.50. The lowest BCUT2D eigenvalue weighted by Crippen LogP contribution is -2.07. The standard InChI is InChI=1S/C20H36O3/c1-3-4-5-6-7-8-9-12-15-19(18(2)21)16-13-10-11-14-17-20(22)23/h12,15,19H,3-11,13-14,16-17H2,1-2H3,(H,22,23). The van der Waals surface area contributed by atoms with Crippen LogP contribution >= 0.6 is 0 Å². The van der Waals surface area contributed by atoms with E-state index in [1.165, 1.54) is 38.5 Å². The van der Waals surface area contributed by atoms with Crippen LogP contribution in [0.2, 0.25) is 0 Å². The van der Waals surface area contributed by atoms with Crippen LogP contribution in [0.1, 0.15) is 97.3 Å². The number of hydrogen-bond donors (Lipinski definition) is 1. The number of Topliss-reactive ketones (excluding diaryl/α,β-unsaturated/α-hetero) is 1. The van der Waals surface area contributed by atoms with Gasteiger partial charge in [0.05, 0.1) is 0 Å². The SMILES string of the molecule is CCCCCCCCC=CC(CCCCCCC(=O)O)C(C)=O. The van der Waals surface area contributed by atoms with E-state index in [9.17, 15) is 9.59 Å². The first-order chi connectivity index (χ1) is 11.1. The van der Waals surface area contributed by atoms with Gasteiger partial charge in [0.1, 0.15) is 5.78 Å². The van der Waals surface area contributed by atoms with Crippen LogP contribution in [0.25, 0.3) is 0 Å². The minimum atomic E-state index is -0.718. The molecule has 0 spiro atoms. The lowest BCUT2D eigenvalue weighted by atomic mass is 9.96. The lowest BCUT2D eigenvalue weighted by Gasteiger charge is -2.08. The number of carboxylic acids is 1. The predicted octanol–water partition coefficient (Wildman–Crippen LogP) is 5.92. The molecule has 1 atom stereocenters. The molecule has 0 fully saturated rings. The van der Waals surface area contributed by atoms with Crippen molar-refractivity contribution in [1.29, 1.82) is 0 Å². The second-order valence-electron chi connectivity index (χ2n) is 6.55.